The van der Waals surface area contributed by atoms with Gasteiger partial charge in [0.05, 0.1) is 0 Å². The van der Waals surface area contributed by atoms with E-state index in [1.54, 1.807) is 0 Å². The number of oxime groups is 1. The summed E-state index contributed by atoms with van der Waals surface area (Å²) >= 11 is 0. The second-order valence-corrected chi connectivity index (χ2v) is 7.06. The van der Waals surface area contributed by atoms with Gasteiger partial charge in [-0.1, -0.05) is 44.7 Å². The van der Waals surface area contributed by atoms with Gasteiger partial charge in [0.1, 0.15) is 5.41 Å². The van der Waals surface area contributed by atoms with Crippen molar-refractivity contribution < 1.29 is 10.0 Å². The van der Waals surface area contributed by atoms with Gasteiger partial charge >= 0.3 is 0 Å². The SMILES string of the molecule is CC(C)CN(C(=O)C1(C(N)=NO)CCCCCC1)C1CC1. The molecule has 0 atom stereocenters. The molecule has 5 nitrogen and oxygen atoms in total. The molecular weight excluding hydrogens is 266 g/mol. The van der Waals surface area contributed by atoms with Crippen LogP contribution in [0.4, 0.5) is 0 Å². The average Bonchev–Trinajstić information content (AvgIpc) is 3.29. The summed E-state index contributed by atoms with van der Waals surface area (Å²) in [5.74, 6) is 0.643. The monoisotopic (exact) mass is 295 g/mol. The van der Waals surface area contributed by atoms with Crippen molar-refractivity contribution in [3.05, 3.63) is 0 Å². The van der Waals surface area contributed by atoms with Crippen LogP contribution in [0.1, 0.15) is 65.2 Å². The Morgan fingerprint density at radius 3 is 2.29 bits per heavy atom. The zero-order valence-corrected chi connectivity index (χ0v) is 13.3. The van der Waals surface area contributed by atoms with E-state index in [2.05, 4.69) is 19.0 Å². The largest absolute Gasteiger partial charge is 0.409 e. The molecule has 0 radical (unpaired) electrons. The van der Waals surface area contributed by atoms with Gasteiger partial charge < -0.3 is 15.8 Å². The molecule has 0 unspecified atom stereocenters. The van der Waals surface area contributed by atoms with Crippen molar-refractivity contribution >= 4 is 11.7 Å². The first-order valence-electron chi connectivity index (χ1n) is 8.30. The Bertz CT molecular complexity index is 394. The molecule has 0 aromatic heterocycles. The summed E-state index contributed by atoms with van der Waals surface area (Å²) in [5, 5.41) is 12.4. The number of rotatable bonds is 5. The van der Waals surface area contributed by atoms with Crippen LogP contribution in [0.15, 0.2) is 5.16 Å². The third kappa shape index (κ3) is 3.50. The van der Waals surface area contributed by atoms with Crippen molar-refractivity contribution in [3.8, 4) is 0 Å². The molecule has 120 valence electrons. The van der Waals surface area contributed by atoms with Crippen LogP contribution in [0.25, 0.3) is 0 Å². The second-order valence-electron chi connectivity index (χ2n) is 7.06. The summed E-state index contributed by atoms with van der Waals surface area (Å²) in [5.41, 5.74) is 5.22. The van der Waals surface area contributed by atoms with Crippen molar-refractivity contribution in [2.45, 2.75) is 71.3 Å². The predicted molar refractivity (Wildman–Crippen MR) is 83.1 cm³/mol. The Kier molecular flexibility index (Phi) is 5.12. The molecule has 2 saturated carbocycles. The van der Waals surface area contributed by atoms with Gasteiger partial charge in [-0.05, 0) is 31.6 Å². The van der Waals surface area contributed by atoms with Crippen molar-refractivity contribution in [3.63, 3.8) is 0 Å². The number of nitrogens with zero attached hydrogens (tertiary/aromatic N) is 2. The minimum atomic E-state index is -0.775. The highest BCUT2D eigenvalue weighted by Gasteiger charge is 2.48. The van der Waals surface area contributed by atoms with Crippen LogP contribution >= 0.6 is 0 Å². The lowest BCUT2D eigenvalue weighted by Gasteiger charge is -2.36. The highest BCUT2D eigenvalue weighted by atomic mass is 16.4. The first-order valence-corrected chi connectivity index (χ1v) is 8.30. The van der Waals surface area contributed by atoms with Crippen LogP contribution in [0.2, 0.25) is 0 Å². The van der Waals surface area contributed by atoms with E-state index in [0.29, 0.717) is 24.8 Å². The van der Waals surface area contributed by atoms with Crippen LogP contribution in [-0.4, -0.2) is 34.4 Å². The number of nitrogens with two attached hydrogens (primary N) is 1. The fourth-order valence-electron chi connectivity index (χ4n) is 3.46. The molecule has 2 aliphatic carbocycles. The summed E-state index contributed by atoms with van der Waals surface area (Å²) in [4.78, 5) is 15.3. The average molecular weight is 295 g/mol. The van der Waals surface area contributed by atoms with Gasteiger partial charge in [-0.15, -0.1) is 0 Å². The first-order chi connectivity index (χ1) is 10.0. The van der Waals surface area contributed by atoms with E-state index in [1.165, 1.54) is 0 Å². The molecule has 0 aliphatic heterocycles. The van der Waals surface area contributed by atoms with E-state index in [9.17, 15) is 10.0 Å². The predicted octanol–water partition coefficient (Wildman–Crippen LogP) is 2.72. The maximum absolute atomic E-state index is 13.2. The maximum Gasteiger partial charge on any atom is 0.236 e. The molecule has 2 fully saturated rings. The Morgan fingerprint density at radius 2 is 1.86 bits per heavy atom. The van der Waals surface area contributed by atoms with Crippen LogP contribution in [0, 0.1) is 11.3 Å². The summed E-state index contributed by atoms with van der Waals surface area (Å²) in [6, 6.07) is 0.367. The third-order valence-electron chi connectivity index (χ3n) is 4.77. The molecule has 0 aromatic carbocycles. The summed E-state index contributed by atoms with van der Waals surface area (Å²) < 4.78 is 0. The van der Waals surface area contributed by atoms with E-state index in [4.69, 9.17) is 5.73 Å². The van der Waals surface area contributed by atoms with Crippen molar-refractivity contribution in [2.24, 2.45) is 22.2 Å². The molecule has 0 saturated heterocycles. The van der Waals surface area contributed by atoms with Crippen molar-refractivity contribution in [2.75, 3.05) is 6.54 Å². The fraction of sp³-hybridized carbons (Fsp3) is 0.875. The fourth-order valence-corrected chi connectivity index (χ4v) is 3.46. The van der Waals surface area contributed by atoms with E-state index < -0.39 is 5.41 Å². The van der Waals surface area contributed by atoms with Gasteiger partial charge in [-0.2, -0.15) is 0 Å². The van der Waals surface area contributed by atoms with Crippen LogP contribution in [-0.2, 0) is 4.79 Å². The van der Waals surface area contributed by atoms with E-state index in [0.717, 1.165) is 45.1 Å². The van der Waals surface area contributed by atoms with E-state index >= 15 is 0 Å². The molecule has 21 heavy (non-hydrogen) atoms. The number of amidine groups is 1. The molecular formula is C16H29N3O2. The lowest BCUT2D eigenvalue weighted by molar-refractivity contribution is -0.140. The van der Waals surface area contributed by atoms with Gasteiger partial charge in [0.15, 0.2) is 5.84 Å². The highest BCUT2D eigenvalue weighted by Crippen LogP contribution is 2.40. The minimum Gasteiger partial charge on any atom is -0.409 e. The quantitative estimate of drug-likeness (QED) is 0.269. The van der Waals surface area contributed by atoms with E-state index in [1.807, 2.05) is 4.90 Å². The van der Waals surface area contributed by atoms with Gasteiger partial charge in [0, 0.05) is 12.6 Å². The summed E-state index contributed by atoms with van der Waals surface area (Å²) in [6.07, 6.45) is 7.80. The second kappa shape index (κ2) is 6.67. The molecule has 0 bridgehead atoms. The number of hydrogen-bond acceptors (Lipinski definition) is 3. The van der Waals surface area contributed by atoms with Crippen LogP contribution in [0.3, 0.4) is 0 Å². The zero-order chi connectivity index (χ0) is 15.5. The molecule has 0 spiro atoms. The molecule has 1 amide bonds. The van der Waals surface area contributed by atoms with Gasteiger partial charge in [-0.25, -0.2) is 0 Å². The molecule has 2 aliphatic rings. The lowest BCUT2D eigenvalue weighted by Crippen LogP contribution is -2.52. The normalized spacial score (nSPS) is 22.9. The molecule has 3 N–H and O–H groups in total. The Labute approximate surface area is 127 Å². The Hall–Kier alpha value is -1.26. The highest BCUT2D eigenvalue weighted by molar-refractivity contribution is 6.07. The number of carbonyl (C=O) groups is 1. The maximum atomic E-state index is 13.2. The standard InChI is InChI=1S/C16H29N3O2/c1-12(2)11-19(13-7-8-13)15(20)16(14(17)18-21)9-5-3-4-6-10-16/h12-13,21H,3-11H2,1-2H3,(H2,17,18). The van der Waals surface area contributed by atoms with Gasteiger partial charge in [0.2, 0.25) is 5.91 Å². The van der Waals surface area contributed by atoms with E-state index in [-0.39, 0.29) is 11.7 Å². The summed E-state index contributed by atoms with van der Waals surface area (Å²) in [7, 11) is 0. The molecule has 2 rings (SSSR count). The lowest BCUT2D eigenvalue weighted by atomic mass is 9.77. The Morgan fingerprint density at radius 1 is 1.29 bits per heavy atom. The zero-order valence-electron chi connectivity index (χ0n) is 13.3. The third-order valence-corrected chi connectivity index (χ3v) is 4.77. The molecule has 5 heteroatoms. The molecule has 0 aromatic rings. The van der Waals surface area contributed by atoms with Crippen molar-refractivity contribution in [1.82, 2.24) is 4.90 Å². The first kappa shape index (κ1) is 16.1. The minimum absolute atomic E-state index is 0.0934. The van der Waals surface area contributed by atoms with Gasteiger partial charge in [0.25, 0.3) is 0 Å². The number of hydrogen-bond donors (Lipinski definition) is 2. The topological polar surface area (TPSA) is 78.9 Å². The summed E-state index contributed by atoms with van der Waals surface area (Å²) in [6.45, 7) is 5.03. The smallest absolute Gasteiger partial charge is 0.236 e. The van der Waals surface area contributed by atoms with Gasteiger partial charge in [-0.3, -0.25) is 4.79 Å². The Balaban J connectivity index is 2.27. The van der Waals surface area contributed by atoms with Crippen molar-refractivity contribution in [1.29, 1.82) is 0 Å². The number of carbonyl (C=O) groups excluding carboxylic acids is 1. The van der Waals surface area contributed by atoms with Crippen LogP contribution in [0.5, 0.6) is 0 Å². The van der Waals surface area contributed by atoms with Crippen LogP contribution < -0.4 is 5.73 Å². The number of amides is 1. The molecule has 0 heterocycles.